The molecule has 1 fully saturated rings. The van der Waals surface area contributed by atoms with E-state index < -0.39 is 6.10 Å². The zero-order chi connectivity index (χ0) is 15.9. The molecule has 1 atom stereocenters. The number of aliphatic hydroxyl groups is 1. The van der Waals surface area contributed by atoms with Gasteiger partial charge in [0.1, 0.15) is 25.0 Å². The third kappa shape index (κ3) is 4.81. The van der Waals surface area contributed by atoms with Crippen molar-refractivity contribution in [3.63, 3.8) is 0 Å². The van der Waals surface area contributed by atoms with E-state index in [0.29, 0.717) is 12.6 Å². The van der Waals surface area contributed by atoms with Gasteiger partial charge in [0.2, 0.25) is 0 Å². The number of quaternary nitrogens is 1. The largest absolute Gasteiger partial charge is 0.491 e. The summed E-state index contributed by atoms with van der Waals surface area (Å²) in [5.41, 5.74) is 2.37. The van der Waals surface area contributed by atoms with Gasteiger partial charge in [0.05, 0.1) is 6.04 Å². The molecule has 0 heterocycles. The number of hydrogen-bond acceptors (Lipinski definition) is 2. The highest BCUT2D eigenvalue weighted by atomic mass is 16.5. The summed E-state index contributed by atoms with van der Waals surface area (Å²) < 4.78 is 5.70. The molecule has 2 aromatic carbocycles. The lowest BCUT2D eigenvalue weighted by molar-refractivity contribution is -0.693. The maximum absolute atomic E-state index is 10.0. The lowest BCUT2D eigenvalue weighted by Gasteiger charge is -2.14. The van der Waals surface area contributed by atoms with E-state index in [-0.39, 0.29) is 0 Å². The maximum atomic E-state index is 10.0. The van der Waals surface area contributed by atoms with Crippen LogP contribution in [0.4, 0.5) is 0 Å². The van der Waals surface area contributed by atoms with Crippen LogP contribution >= 0.6 is 0 Å². The topological polar surface area (TPSA) is 46.1 Å². The molecule has 0 bridgehead atoms. The van der Waals surface area contributed by atoms with Crippen molar-refractivity contribution >= 4 is 0 Å². The smallest absolute Gasteiger partial charge is 0.137 e. The molecule has 1 aliphatic carbocycles. The third-order valence-electron chi connectivity index (χ3n) is 4.55. The van der Waals surface area contributed by atoms with Gasteiger partial charge in [-0.05, 0) is 48.9 Å². The molecule has 0 amide bonds. The average molecular weight is 312 g/mol. The minimum atomic E-state index is -0.413. The van der Waals surface area contributed by atoms with Crippen molar-refractivity contribution in [3.05, 3.63) is 54.6 Å². The Hall–Kier alpha value is -1.84. The van der Waals surface area contributed by atoms with Crippen molar-refractivity contribution in [1.82, 2.24) is 0 Å². The Labute approximate surface area is 138 Å². The van der Waals surface area contributed by atoms with Gasteiger partial charge < -0.3 is 15.2 Å². The van der Waals surface area contributed by atoms with Crippen molar-refractivity contribution in [1.29, 1.82) is 0 Å². The lowest BCUT2D eigenvalue weighted by Crippen LogP contribution is -2.91. The molecule has 1 aliphatic rings. The van der Waals surface area contributed by atoms with Gasteiger partial charge in [-0.2, -0.15) is 0 Å². The van der Waals surface area contributed by atoms with Crippen LogP contribution in [0.25, 0.3) is 11.1 Å². The van der Waals surface area contributed by atoms with E-state index in [2.05, 4.69) is 29.6 Å². The molecule has 3 N–H and O–H groups in total. The Balaban J connectivity index is 1.44. The van der Waals surface area contributed by atoms with Crippen LogP contribution in [0.3, 0.4) is 0 Å². The van der Waals surface area contributed by atoms with Gasteiger partial charge in [0.25, 0.3) is 0 Å². The summed E-state index contributed by atoms with van der Waals surface area (Å²) in [6.45, 7) is 1.08. The molecule has 0 aromatic heterocycles. The summed E-state index contributed by atoms with van der Waals surface area (Å²) in [5.74, 6) is 0.810. The quantitative estimate of drug-likeness (QED) is 0.825. The SMILES string of the molecule is O[C@H](C[NH2+]C1CCCC1)COc1ccc(-c2ccccc2)cc1. The van der Waals surface area contributed by atoms with Crippen LogP contribution < -0.4 is 10.1 Å². The highest BCUT2D eigenvalue weighted by Gasteiger charge is 2.19. The molecule has 1 saturated carbocycles. The van der Waals surface area contributed by atoms with Crippen LogP contribution in [0.2, 0.25) is 0 Å². The van der Waals surface area contributed by atoms with E-state index in [1.165, 1.54) is 36.8 Å². The molecule has 0 aliphatic heterocycles. The second kappa shape index (κ2) is 8.14. The van der Waals surface area contributed by atoms with Gasteiger partial charge in [-0.15, -0.1) is 0 Å². The molecule has 122 valence electrons. The van der Waals surface area contributed by atoms with Gasteiger partial charge in [-0.1, -0.05) is 42.5 Å². The first-order chi connectivity index (χ1) is 11.3. The highest BCUT2D eigenvalue weighted by Crippen LogP contribution is 2.22. The van der Waals surface area contributed by atoms with Crippen molar-refractivity contribution < 1.29 is 15.2 Å². The number of rotatable bonds is 7. The predicted octanol–water partition coefficient (Wildman–Crippen LogP) is 2.60. The summed E-state index contributed by atoms with van der Waals surface area (Å²) >= 11 is 0. The normalized spacial score (nSPS) is 16.4. The van der Waals surface area contributed by atoms with Gasteiger partial charge in [0, 0.05) is 0 Å². The zero-order valence-corrected chi connectivity index (χ0v) is 13.5. The van der Waals surface area contributed by atoms with Crippen molar-refractivity contribution in [2.24, 2.45) is 0 Å². The van der Waals surface area contributed by atoms with Crippen molar-refractivity contribution in [2.75, 3.05) is 13.2 Å². The molecule has 2 aromatic rings. The van der Waals surface area contributed by atoms with E-state index in [1.54, 1.807) is 0 Å². The number of ether oxygens (including phenoxy) is 1. The van der Waals surface area contributed by atoms with Crippen LogP contribution in [-0.4, -0.2) is 30.4 Å². The Morgan fingerprint density at radius 3 is 2.30 bits per heavy atom. The minimum absolute atomic E-state index is 0.355. The fourth-order valence-electron chi connectivity index (χ4n) is 3.18. The summed E-state index contributed by atoms with van der Waals surface area (Å²) in [7, 11) is 0. The first kappa shape index (κ1) is 16.0. The van der Waals surface area contributed by atoms with Gasteiger partial charge in [-0.3, -0.25) is 0 Å². The van der Waals surface area contributed by atoms with E-state index in [1.807, 2.05) is 30.3 Å². The van der Waals surface area contributed by atoms with Gasteiger partial charge >= 0.3 is 0 Å². The van der Waals surface area contributed by atoms with Crippen molar-refractivity contribution in [2.45, 2.75) is 37.8 Å². The van der Waals surface area contributed by atoms with Crippen molar-refractivity contribution in [3.8, 4) is 16.9 Å². The molecule has 0 radical (unpaired) electrons. The monoisotopic (exact) mass is 312 g/mol. The van der Waals surface area contributed by atoms with E-state index in [4.69, 9.17) is 4.74 Å². The maximum Gasteiger partial charge on any atom is 0.137 e. The van der Waals surface area contributed by atoms with E-state index in [9.17, 15) is 5.11 Å². The first-order valence-corrected chi connectivity index (χ1v) is 8.61. The van der Waals surface area contributed by atoms with Crippen LogP contribution in [0.15, 0.2) is 54.6 Å². The Bertz CT molecular complexity index is 576. The Morgan fingerprint density at radius 1 is 0.957 bits per heavy atom. The Morgan fingerprint density at radius 2 is 1.61 bits per heavy atom. The molecular weight excluding hydrogens is 286 g/mol. The molecule has 23 heavy (non-hydrogen) atoms. The summed E-state index contributed by atoms with van der Waals surface area (Å²) in [6.07, 6.45) is 4.83. The standard InChI is InChI=1S/C20H25NO2/c22-19(14-21-18-8-4-5-9-18)15-23-20-12-10-17(11-13-20)16-6-2-1-3-7-16/h1-3,6-7,10-13,18-19,21-22H,4-5,8-9,14-15H2/p+1/t19-/m1/s1. The fourth-order valence-corrected chi connectivity index (χ4v) is 3.18. The molecule has 3 rings (SSSR count). The number of hydrogen-bond donors (Lipinski definition) is 2. The van der Waals surface area contributed by atoms with Crippen LogP contribution in [0, 0.1) is 0 Å². The summed E-state index contributed by atoms with van der Waals surface area (Å²) in [6, 6.07) is 19.0. The van der Waals surface area contributed by atoms with E-state index >= 15 is 0 Å². The summed E-state index contributed by atoms with van der Waals surface area (Å²) in [5, 5.41) is 12.3. The molecule has 0 unspecified atom stereocenters. The summed E-state index contributed by atoms with van der Waals surface area (Å²) in [4.78, 5) is 0. The fraction of sp³-hybridized carbons (Fsp3) is 0.400. The molecule has 0 saturated heterocycles. The van der Waals surface area contributed by atoms with E-state index in [0.717, 1.165) is 12.3 Å². The molecule has 3 heteroatoms. The third-order valence-corrected chi connectivity index (χ3v) is 4.55. The predicted molar refractivity (Wildman–Crippen MR) is 92.4 cm³/mol. The average Bonchev–Trinajstić information content (AvgIpc) is 3.13. The number of benzene rings is 2. The second-order valence-corrected chi connectivity index (χ2v) is 6.37. The molecular formula is C20H26NO2+. The molecule has 0 spiro atoms. The lowest BCUT2D eigenvalue weighted by atomic mass is 10.1. The second-order valence-electron chi connectivity index (χ2n) is 6.37. The van der Waals surface area contributed by atoms with Crippen LogP contribution in [-0.2, 0) is 0 Å². The first-order valence-electron chi connectivity index (χ1n) is 8.61. The van der Waals surface area contributed by atoms with Crippen LogP contribution in [0.1, 0.15) is 25.7 Å². The van der Waals surface area contributed by atoms with Gasteiger partial charge in [-0.25, -0.2) is 0 Å². The van der Waals surface area contributed by atoms with Crippen LogP contribution in [0.5, 0.6) is 5.75 Å². The zero-order valence-electron chi connectivity index (χ0n) is 13.5. The Kier molecular flexibility index (Phi) is 5.67. The minimum Gasteiger partial charge on any atom is -0.491 e. The molecule has 3 nitrogen and oxygen atoms in total. The van der Waals surface area contributed by atoms with Gasteiger partial charge in [0.15, 0.2) is 0 Å². The number of aliphatic hydroxyl groups excluding tert-OH is 1. The number of nitrogens with two attached hydrogens (primary N) is 1. The highest BCUT2D eigenvalue weighted by molar-refractivity contribution is 5.63.